The number of morpholine rings is 1. The quantitative estimate of drug-likeness (QED) is 0.800. The number of aliphatic carboxylic acids is 1. The van der Waals surface area contributed by atoms with Gasteiger partial charge in [-0.05, 0) is 5.56 Å². The molecule has 2 N–H and O–H groups in total. The average Bonchev–Trinajstić information content (AvgIpc) is 2.48. The molecule has 0 saturated carbocycles. The lowest BCUT2D eigenvalue weighted by atomic mass is 10.1. The van der Waals surface area contributed by atoms with Crippen LogP contribution in [0.4, 0.5) is 0 Å². The number of aliphatic hydroxyl groups is 1. The Morgan fingerprint density at radius 2 is 1.90 bits per heavy atom. The van der Waals surface area contributed by atoms with Crippen molar-refractivity contribution in [1.82, 2.24) is 4.90 Å². The van der Waals surface area contributed by atoms with Gasteiger partial charge in [0.25, 0.3) is 5.97 Å². The van der Waals surface area contributed by atoms with Gasteiger partial charge in [-0.1, -0.05) is 42.2 Å². The number of carboxylic acids is 1. The van der Waals surface area contributed by atoms with E-state index in [2.05, 4.69) is 16.7 Å². The van der Waals surface area contributed by atoms with E-state index in [9.17, 15) is 5.11 Å². The van der Waals surface area contributed by atoms with E-state index in [4.69, 9.17) is 14.6 Å². The lowest BCUT2D eigenvalue weighted by Crippen LogP contribution is -2.36. The summed E-state index contributed by atoms with van der Waals surface area (Å²) in [5.74, 6) is 5.06. The first-order valence-corrected chi connectivity index (χ1v) is 6.80. The Kier molecular flexibility index (Phi) is 8.14. The van der Waals surface area contributed by atoms with Crippen molar-refractivity contribution < 1.29 is 19.7 Å². The highest BCUT2D eigenvalue weighted by Gasteiger charge is 2.08. The van der Waals surface area contributed by atoms with Crippen LogP contribution in [-0.4, -0.2) is 53.9 Å². The van der Waals surface area contributed by atoms with E-state index in [0.717, 1.165) is 38.8 Å². The summed E-state index contributed by atoms with van der Waals surface area (Å²) in [5, 5.41) is 17.2. The Bertz CT molecular complexity index is 468. The second kappa shape index (κ2) is 9.94. The SMILES string of the molecule is CC(=O)O.OC(C#CCN1CCOCC1)c1ccccc1. The van der Waals surface area contributed by atoms with Crippen molar-refractivity contribution in [2.24, 2.45) is 0 Å². The van der Waals surface area contributed by atoms with Crippen LogP contribution in [-0.2, 0) is 9.53 Å². The van der Waals surface area contributed by atoms with Crippen molar-refractivity contribution in [1.29, 1.82) is 0 Å². The van der Waals surface area contributed by atoms with Crippen LogP contribution in [0.3, 0.4) is 0 Å². The molecule has 0 amide bonds. The zero-order chi connectivity index (χ0) is 15.5. The number of nitrogens with zero attached hydrogens (tertiary/aromatic N) is 1. The molecule has 0 spiro atoms. The van der Waals surface area contributed by atoms with Crippen molar-refractivity contribution in [2.75, 3.05) is 32.8 Å². The minimum absolute atomic E-state index is 0.683. The second-order valence-corrected chi connectivity index (χ2v) is 4.54. The van der Waals surface area contributed by atoms with E-state index in [1.165, 1.54) is 0 Å². The van der Waals surface area contributed by atoms with Gasteiger partial charge in [-0.3, -0.25) is 9.69 Å². The van der Waals surface area contributed by atoms with Crippen LogP contribution >= 0.6 is 0 Å². The molecule has 1 atom stereocenters. The van der Waals surface area contributed by atoms with Gasteiger partial charge < -0.3 is 14.9 Å². The van der Waals surface area contributed by atoms with Gasteiger partial charge in [0.2, 0.25) is 0 Å². The molecule has 114 valence electrons. The molecule has 21 heavy (non-hydrogen) atoms. The lowest BCUT2D eigenvalue weighted by molar-refractivity contribution is -0.134. The maximum Gasteiger partial charge on any atom is 0.300 e. The first kappa shape index (κ1) is 17.2. The predicted octanol–water partition coefficient (Wildman–Crippen LogP) is 1.15. The van der Waals surface area contributed by atoms with Gasteiger partial charge in [-0.15, -0.1) is 0 Å². The standard InChI is InChI=1S/C14H17NO2.C2H4O2/c16-14(13-5-2-1-3-6-13)7-4-8-15-9-11-17-12-10-15;1-2(3)4/h1-3,5-6,14,16H,8-12H2;1H3,(H,3,4). The summed E-state index contributed by atoms with van der Waals surface area (Å²) in [6.45, 7) is 5.20. The fourth-order valence-corrected chi connectivity index (χ4v) is 1.73. The third-order valence-electron chi connectivity index (χ3n) is 2.76. The van der Waals surface area contributed by atoms with E-state index < -0.39 is 12.1 Å². The number of ether oxygens (including phenoxy) is 1. The van der Waals surface area contributed by atoms with Gasteiger partial charge in [0.05, 0.1) is 19.8 Å². The molecule has 1 saturated heterocycles. The van der Waals surface area contributed by atoms with Crippen molar-refractivity contribution >= 4 is 5.97 Å². The van der Waals surface area contributed by atoms with Crippen molar-refractivity contribution in [3.05, 3.63) is 35.9 Å². The van der Waals surface area contributed by atoms with Gasteiger partial charge in [-0.2, -0.15) is 0 Å². The third kappa shape index (κ3) is 8.10. The summed E-state index contributed by atoms with van der Waals surface area (Å²) >= 11 is 0. The van der Waals surface area contributed by atoms with Crippen LogP contribution < -0.4 is 0 Å². The Labute approximate surface area is 125 Å². The molecule has 0 bridgehead atoms. The van der Waals surface area contributed by atoms with Crippen LogP contribution in [0.2, 0.25) is 0 Å². The summed E-state index contributed by atoms with van der Waals surface area (Å²) in [5.41, 5.74) is 0.849. The number of rotatable bonds is 2. The Morgan fingerprint density at radius 3 is 2.48 bits per heavy atom. The van der Waals surface area contributed by atoms with Crippen molar-refractivity contribution in [3.63, 3.8) is 0 Å². The van der Waals surface area contributed by atoms with Crippen LogP contribution in [0.1, 0.15) is 18.6 Å². The smallest absolute Gasteiger partial charge is 0.300 e. The number of carbonyl (C=O) groups is 1. The van der Waals surface area contributed by atoms with Gasteiger partial charge >= 0.3 is 0 Å². The van der Waals surface area contributed by atoms with E-state index in [1.807, 2.05) is 30.3 Å². The predicted molar refractivity (Wildman–Crippen MR) is 79.7 cm³/mol. The number of hydrogen-bond donors (Lipinski definition) is 2. The normalized spacial score (nSPS) is 15.9. The van der Waals surface area contributed by atoms with E-state index in [-0.39, 0.29) is 0 Å². The third-order valence-corrected chi connectivity index (χ3v) is 2.76. The summed E-state index contributed by atoms with van der Waals surface area (Å²) in [6, 6.07) is 9.50. The molecule has 1 aliphatic rings. The molecule has 1 fully saturated rings. The first-order chi connectivity index (χ1) is 10.1. The molecule has 1 heterocycles. The van der Waals surface area contributed by atoms with E-state index in [1.54, 1.807) is 0 Å². The monoisotopic (exact) mass is 291 g/mol. The highest BCUT2D eigenvalue weighted by molar-refractivity contribution is 5.62. The van der Waals surface area contributed by atoms with E-state index in [0.29, 0.717) is 6.54 Å². The minimum atomic E-state index is -0.833. The minimum Gasteiger partial charge on any atom is -0.481 e. The number of hydrogen-bond acceptors (Lipinski definition) is 4. The zero-order valence-electron chi connectivity index (χ0n) is 12.2. The lowest BCUT2D eigenvalue weighted by Gasteiger charge is -2.24. The Hall–Kier alpha value is -1.87. The molecule has 2 rings (SSSR count). The highest BCUT2D eigenvalue weighted by atomic mass is 16.5. The fraction of sp³-hybridized carbons (Fsp3) is 0.438. The summed E-state index contributed by atoms with van der Waals surface area (Å²) in [7, 11) is 0. The maximum absolute atomic E-state index is 9.83. The van der Waals surface area contributed by atoms with Crippen molar-refractivity contribution in [3.8, 4) is 11.8 Å². The van der Waals surface area contributed by atoms with Crippen LogP contribution in [0.25, 0.3) is 0 Å². The molecule has 1 aliphatic heterocycles. The van der Waals surface area contributed by atoms with Gasteiger partial charge in [0, 0.05) is 20.0 Å². The molecular formula is C16H21NO4. The number of aliphatic hydroxyl groups excluding tert-OH is 1. The van der Waals surface area contributed by atoms with Gasteiger partial charge in [-0.25, -0.2) is 0 Å². The molecule has 1 unspecified atom stereocenters. The maximum atomic E-state index is 9.83. The van der Waals surface area contributed by atoms with Crippen molar-refractivity contribution in [2.45, 2.75) is 13.0 Å². The molecule has 5 nitrogen and oxygen atoms in total. The van der Waals surface area contributed by atoms with Crippen LogP contribution in [0.5, 0.6) is 0 Å². The fourth-order valence-electron chi connectivity index (χ4n) is 1.73. The summed E-state index contributed by atoms with van der Waals surface area (Å²) < 4.78 is 5.26. The van der Waals surface area contributed by atoms with Gasteiger partial charge in [0.1, 0.15) is 6.10 Å². The van der Waals surface area contributed by atoms with Crippen LogP contribution in [0, 0.1) is 11.8 Å². The number of benzene rings is 1. The van der Waals surface area contributed by atoms with Crippen LogP contribution in [0.15, 0.2) is 30.3 Å². The largest absolute Gasteiger partial charge is 0.481 e. The molecule has 0 aromatic heterocycles. The molecule has 1 aromatic carbocycles. The summed E-state index contributed by atoms with van der Waals surface area (Å²) in [6.07, 6.45) is -0.683. The molecular weight excluding hydrogens is 270 g/mol. The molecule has 0 aliphatic carbocycles. The second-order valence-electron chi connectivity index (χ2n) is 4.54. The Balaban J connectivity index is 0.000000491. The average molecular weight is 291 g/mol. The zero-order valence-corrected chi connectivity index (χ0v) is 12.2. The topological polar surface area (TPSA) is 70.0 Å². The first-order valence-electron chi connectivity index (χ1n) is 6.80. The highest BCUT2D eigenvalue weighted by Crippen LogP contribution is 2.10. The molecule has 1 aromatic rings. The summed E-state index contributed by atoms with van der Waals surface area (Å²) in [4.78, 5) is 11.2. The molecule has 5 heteroatoms. The number of carboxylic acid groups (broad SMARTS) is 1. The Morgan fingerprint density at radius 1 is 1.33 bits per heavy atom. The van der Waals surface area contributed by atoms with E-state index >= 15 is 0 Å². The van der Waals surface area contributed by atoms with Gasteiger partial charge in [0.15, 0.2) is 0 Å². The molecule has 0 radical (unpaired) electrons.